The average Bonchev–Trinajstić information content (AvgIpc) is 1.38. The molecule has 0 aromatic rings. The minimum absolute atomic E-state index is 0.836. The lowest BCUT2D eigenvalue weighted by molar-refractivity contribution is 0.546. The lowest BCUT2D eigenvalue weighted by atomic mass is 15.9. The second-order valence-corrected chi connectivity index (χ2v) is 2.22. The molecule has 0 aliphatic heterocycles. The zero-order valence-electron chi connectivity index (χ0n) is 2.08. The van der Waals surface area contributed by atoms with Crippen LogP contribution < -0.4 is 0 Å². The number of hydrogen-bond acceptors (Lipinski definition) is 3. The molecule has 5 heteroatoms. The largest absolute Gasteiger partial charge is 0.763 e. The normalized spacial score (nSPS) is 15.4. The van der Waals surface area contributed by atoms with E-state index in [4.69, 9.17) is 13.3 Å². The van der Waals surface area contributed by atoms with Crippen molar-refractivity contribution in [2.45, 2.75) is 0 Å². The lowest BCUT2D eigenvalue weighted by Crippen LogP contribution is -1.63. The van der Waals surface area contributed by atoms with E-state index in [1.807, 2.05) is 0 Å². The monoisotopic (exact) mass is 111 g/mol. The van der Waals surface area contributed by atoms with E-state index in [2.05, 4.69) is 0 Å². The minimum atomic E-state index is -2.41. The van der Waals surface area contributed by atoms with Crippen LogP contribution in [0.1, 0.15) is 0 Å². The third-order valence-electron chi connectivity index (χ3n) is 0.0609. The van der Waals surface area contributed by atoms with Gasteiger partial charge in [-0.15, -0.1) is 0 Å². The third kappa shape index (κ3) is 4.21. The molecule has 0 aromatic heterocycles. The third-order valence-corrected chi connectivity index (χ3v) is 0.548. The molecule has 0 spiro atoms. The summed E-state index contributed by atoms with van der Waals surface area (Å²) >= 11 is 0. The molecule has 0 radical (unpaired) electrons. The Morgan fingerprint density at radius 3 is 2.00 bits per heavy atom. The Morgan fingerprint density at radius 2 is 2.00 bits per heavy atom. The molecule has 0 bridgehead atoms. The van der Waals surface area contributed by atoms with Crippen molar-refractivity contribution >= 4 is 18.4 Å². The molecule has 0 saturated heterocycles. The smallest absolute Gasteiger partial charge is 0.245 e. The van der Waals surface area contributed by atoms with E-state index in [9.17, 15) is 0 Å². The van der Waals surface area contributed by atoms with E-state index in [0.29, 0.717) is 0 Å². The zero-order chi connectivity index (χ0) is 4.28. The van der Waals surface area contributed by atoms with Gasteiger partial charge >= 0.3 is 0 Å². The Kier molecular flexibility index (Phi) is 2.55. The summed E-state index contributed by atoms with van der Waals surface area (Å²) in [6.07, 6.45) is 0. The van der Waals surface area contributed by atoms with Crippen LogP contribution in [0.5, 0.6) is 0 Å². The van der Waals surface area contributed by atoms with Gasteiger partial charge in [0.2, 0.25) is 7.66 Å². The summed E-state index contributed by atoms with van der Waals surface area (Å²) in [4.78, 5) is 0. The van der Waals surface area contributed by atoms with Gasteiger partial charge in [0, 0.05) is 10.7 Å². The Morgan fingerprint density at radius 1 is 1.80 bits per heavy atom. The molecule has 0 saturated carbocycles. The van der Waals surface area contributed by atoms with Gasteiger partial charge in [-0.3, -0.25) is 8.77 Å². The van der Waals surface area contributed by atoms with Gasteiger partial charge in [-0.05, 0) is 0 Å². The maximum Gasteiger partial charge on any atom is 0.245 e. The van der Waals surface area contributed by atoms with Gasteiger partial charge in [0.1, 0.15) is 0 Å². The number of hydrogen-bond donors (Lipinski definition) is 0. The Balaban J connectivity index is 3.20. The van der Waals surface area contributed by atoms with Gasteiger partial charge in [-0.2, -0.15) is 0 Å². The average molecular weight is 111 g/mol. The Bertz CT molecular complexity index is 57.9. The van der Waals surface area contributed by atoms with Gasteiger partial charge in [0.25, 0.3) is 0 Å². The van der Waals surface area contributed by atoms with Crippen molar-refractivity contribution in [2.24, 2.45) is 0 Å². The van der Waals surface area contributed by atoms with E-state index in [1.165, 1.54) is 0 Å². The van der Waals surface area contributed by atoms with E-state index in [-0.39, 0.29) is 0 Å². The summed E-state index contributed by atoms with van der Waals surface area (Å²) in [6, 6.07) is 0. The van der Waals surface area contributed by atoms with Crippen molar-refractivity contribution in [1.82, 2.24) is 0 Å². The second kappa shape index (κ2) is 2.45. The molecule has 0 rings (SSSR count). The Hall–Kier alpha value is 0.210. The summed E-state index contributed by atoms with van der Waals surface area (Å²) in [6.45, 7) is 0. The van der Waals surface area contributed by atoms with E-state index in [0.717, 1.165) is 0 Å². The van der Waals surface area contributed by atoms with Crippen molar-refractivity contribution in [2.75, 3.05) is 0 Å². The van der Waals surface area contributed by atoms with Crippen molar-refractivity contribution in [1.29, 1.82) is 0 Å². The summed E-state index contributed by atoms with van der Waals surface area (Å²) in [5, 5.41) is 0. The fourth-order valence-electron chi connectivity index (χ4n) is 0. The predicted octanol–water partition coefficient (Wildman–Crippen LogP) is 0.0722. The summed E-state index contributed by atoms with van der Waals surface area (Å²) < 4.78 is 27.1. The SMILES string of the molecule is O=PS(=O)[O-]. The first kappa shape index (κ1) is 5.21. The van der Waals surface area contributed by atoms with Gasteiger partial charge in [-0.25, -0.2) is 0 Å². The molecule has 0 amide bonds. The van der Waals surface area contributed by atoms with Crippen molar-refractivity contribution in [3.63, 3.8) is 0 Å². The highest BCUT2D eigenvalue weighted by Crippen LogP contribution is 1.91. The van der Waals surface area contributed by atoms with Gasteiger partial charge < -0.3 is 4.55 Å². The highest BCUT2D eigenvalue weighted by Gasteiger charge is 1.62. The van der Waals surface area contributed by atoms with Gasteiger partial charge in [-0.1, -0.05) is 0 Å². The summed E-state index contributed by atoms with van der Waals surface area (Å²) in [5.74, 6) is 0. The fraction of sp³-hybridized carbons (Fsp3) is 0. The molecular formula is O3PS-. The number of rotatable bonds is 1. The van der Waals surface area contributed by atoms with Gasteiger partial charge in [0.15, 0.2) is 0 Å². The van der Waals surface area contributed by atoms with Crippen LogP contribution in [-0.2, 0) is 15.3 Å². The van der Waals surface area contributed by atoms with Gasteiger partial charge in [0.05, 0.1) is 0 Å². The maximum absolute atomic E-state index is 9.04. The molecule has 0 fully saturated rings. The quantitative estimate of drug-likeness (QED) is 0.355. The molecule has 0 aliphatic rings. The van der Waals surface area contributed by atoms with E-state index in [1.54, 1.807) is 0 Å². The first-order valence-corrected chi connectivity index (χ1v) is 3.19. The standard InChI is InChI=1S/HO3PS/c1-4-5(2)3/h(H,2,3)/p-1. The molecule has 1 unspecified atom stereocenters. The first-order chi connectivity index (χ1) is 2.27. The molecule has 1 atom stereocenters. The molecule has 5 heavy (non-hydrogen) atoms. The van der Waals surface area contributed by atoms with Crippen LogP contribution in [0.25, 0.3) is 0 Å². The lowest BCUT2D eigenvalue weighted by Gasteiger charge is -1.81. The Labute approximate surface area is 32.6 Å². The van der Waals surface area contributed by atoms with Crippen LogP contribution in [-0.4, -0.2) is 8.76 Å². The van der Waals surface area contributed by atoms with Crippen molar-refractivity contribution in [3.8, 4) is 0 Å². The second-order valence-electron chi connectivity index (χ2n) is 0.292. The molecule has 0 aromatic carbocycles. The molecular weight excluding hydrogens is 111 g/mol. The van der Waals surface area contributed by atoms with Crippen LogP contribution in [0.15, 0.2) is 0 Å². The zero-order valence-corrected chi connectivity index (χ0v) is 3.79. The molecule has 30 valence electrons. The van der Waals surface area contributed by atoms with E-state index < -0.39 is 18.4 Å². The van der Waals surface area contributed by atoms with Crippen LogP contribution in [0.4, 0.5) is 0 Å². The van der Waals surface area contributed by atoms with Crippen LogP contribution in [0, 0.1) is 0 Å². The highest BCUT2D eigenvalue weighted by molar-refractivity contribution is 8.32. The van der Waals surface area contributed by atoms with Crippen LogP contribution in [0.2, 0.25) is 0 Å². The molecule has 3 nitrogen and oxygen atoms in total. The molecule has 0 heterocycles. The van der Waals surface area contributed by atoms with Crippen molar-refractivity contribution in [3.05, 3.63) is 0 Å². The van der Waals surface area contributed by atoms with Crippen LogP contribution in [0.3, 0.4) is 0 Å². The summed E-state index contributed by atoms with van der Waals surface area (Å²) in [5.41, 5.74) is 0. The van der Waals surface area contributed by atoms with E-state index >= 15 is 0 Å². The molecule has 0 N–H and O–H groups in total. The van der Waals surface area contributed by atoms with Crippen LogP contribution >= 0.6 is 7.66 Å². The fourth-order valence-corrected chi connectivity index (χ4v) is 0. The predicted molar refractivity (Wildman–Crippen MR) is 16.5 cm³/mol. The topological polar surface area (TPSA) is 57.2 Å². The van der Waals surface area contributed by atoms with Crippen molar-refractivity contribution < 1.29 is 13.3 Å². The summed E-state index contributed by atoms with van der Waals surface area (Å²) in [7, 11) is -3.24. The highest BCUT2D eigenvalue weighted by atomic mass is 32.7. The molecule has 0 aliphatic carbocycles. The minimum Gasteiger partial charge on any atom is -0.763 e. The maximum atomic E-state index is 9.04. The first-order valence-electron chi connectivity index (χ1n) is 0.698.